The molecule has 0 aliphatic heterocycles. The molecule has 0 saturated carbocycles. The molecule has 12 aromatic rings. The second-order valence-corrected chi connectivity index (χ2v) is 18.6. The molecular formula is C60H36N2S. The second kappa shape index (κ2) is 12.2. The van der Waals surface area contributed by atoms with Crippen LogP contribution in [0.2, 0.25) is 0 Å². The molecule has 3 aromatic heterocycles. The first kappa shape index (κ1) is 33.9. The molecule has 0 N–H and O–H groups in total. The van der Waals surface area contributed by atoms with E-state index in [1.807, 2.05) is 11.3 Å². The standard InChI is InChI=1S/C60H36N2S/c1-2-16-36(17-3-1)55-41-20-4-5-21-42(41)56-44-23-9-14-28-51(44)62(59(55)56)38-31-33-54-47(35-38)46-34-37(30-32-53(46)63-54)61-52-29-15-10-24-45(52)57-58(61)43-22-8-13-27-50(43)60(57)48-25-11-6-18-39(48)40-19-7-12-26-49(40)60/h1-35,55H. The molecule has 15 rings (SSSR count). The van der Waals surface area contributed by atoms with Crippen LogP contribution in [0.1, 0.15) is 45.0 Å². The number of rotatable bonds is 3. The Morgan fingerprint density at radius 2 is 0.905 bits per heavy atom. The van der Waals surface area contributed by atoms with Gasteiger partial charge in [-0.2, -0.15) is 0 Å². The molecule has 3 heterocycles. The SMILES string of the molecule is c1ccc(C2c3ccccc3-c3c2n(-c2ccc4sc5ccc(-n6c7c(c8ccccc86)C6(c8ccccc8-c8ccccc86)c6ccccc6-7)cc5c4c2)c2ccccc32)cc1. The normalized spacial score (nSPS) is 15.0. The van der Waals surface area contributed by atoms with Gasteiger partial charge < -0.3 is 9.13 Å². The van der Waals surface area contributed by atoms with Crippen LogP contribution in [-0.4, -0.2) is 9.13 Å². The lowest BCUT2D eigenvalue weighted by Crippen LogP contribution is -2.25. The minimum atomic E-state index is -0.422. The highest BCUT2D eigenvalue weighted by atomic mass is 32.1. The van der Waals surface area contributed by atoms with Gasteiger partial charge >= 0.3 is 0 Å². The Morgan fingerprint density at radius 1 is 0.397 bits per heavy atom. The Labute approximate surface area is 368 Å². The van der Waals surface area contributed by atoms with E-state index in [9.17, 15) is 0 Å². The summed E-state index contributed by atoms with van der Waals surface area (Å²) < 4.78 is 7.73. The molecule has 292 valence electrons. The van der Waals surface area contributed by atoms with Gasteiger partial charge in [-0.3, -0.25) is 0 Å². The van der Waals surface area contributed by atoms with Gasteiger partial charge in [-0.25, -0.2) is 0 Å². The van der Waals surface area contributed by atoms with E-state index >= 15 is 0 Å². The van der Waals surface area contributed by atoms with Gasteiger partial charge in [0, 0.05) is 64.7 Å². The fourth-order valence-corrected chi connectivity index (χ4v) is 13.4. The number of hydrogen-bond donors (Lipinski definition) is 0. The van der Waals surface area contributed by atoms with Crippen molar-refractivity contribution in [2.75, 3.05) is 0 Å². The van der Waals surface area contributed by atoms with Crippen LogP contribution >= 0.6 is 11.3 Å². The summed E-state index contributed by atoms with van der Waals surface area (Å²) in [5, 5.41) is 5.18. The van der Waals surface area contributed by atoms with E-state index < -0.39 is 5.41 Å². The van der Waals surface area contributed by atoms with Gasteiger partial charge in [0.1, 0.15) is 0 Å². The molecule has 63 heavy (non-hydrogen) atoms. The topological polar surface area (TPSA) is 9.86 Å². The fourth-order valence-electron chi connectivity index (χ4n) is 12.3. The van der Waals surface area contributed by atoms with E-state index in [4.69, 9.17) is 0 Å². The van der Waals surface area contributed by atoms with E-state index in [2.05, 4.69) is 221 Å². The first-order valence-corrected chi connectivity index (χ1v) is 22.8. The largest absolute Gasteiger partial charge is 0.312 e. The number of thiophene rings is 1. The van der Waals surface area contributed by atoms with Crippen molar-refractivity contribution in [3.8, 4) is 44.9 Å². The van der Waals surface area contributed by atoms with Crippen LogP contribution in [-0.2, 0) is 5.41 Å². The molecule has 0 saturated heterocycles. The van der Waals surface area contributed by atoms with E-state index in [0.29, 0.717) is 0 Å². The summed E-state index contributed by atoms with van der Waals surface area (Å²) >= 11 is 1.89. The van der Waals surface area contributed by atoms with Gasteiger partial charge in [0.25, 0.3) is 0 Å². The number of aromatic nitrogens is 2. The molecule has 9 aromatic carbocycles. The summed E-state index contributed by atoms with van der Waals surface area (Å²) in [4.78, 5) is 0. The van der Waals surface area contributed by atoms with Crippen molar-refractivity contribution in [3.63, 3.8) is 0 Å². The van der Waals surface area contributed by atoms with Crippen molar-refractivity contribution in [3.05, 3.63) is 251 Å². The van der Waals surface area contributed by atoms with E-state index in [1.54, 1.807) is 0 Å². The van der Waals surface area contributed by atoms with Crippen LogP contribution in [0.5, 0.6) is 0 Å². The van der Waals surface area contributed by atoms with Crippen LogP contribution in [0.15, 0.2) is 212 Å². The predicted octanol–water partition coefficient (Wildman–Crippen LogP) is 15.4. The van der Waals surface area contributed by atoms with Crippen molar-refractivity contribution in [1.82, 2.24) is 9.13 Å². The zero-order valence-electron chi connectivity index (χ0n) is 34.1. The van der Waals surface area contributed by atoms with Crippen LogP contribution in [0.4, 0.5) is 0 Å². The minimum absolute atomic E-state index is 0.125. The third kappa shape index (κ3) is 4.19. The highest BCUT2D eigenvalue weighted by molar-refractivity contribution is 7.25. The van der Waals surface area contributed by atoms with Crippen LogP contribution in [0.3, 0.4) is 0 Å². The smallest absolute Gasteiger partial charge is 0.0747 e. The Bertz CT molecular complexity index is 3890. The monoisotopic (exact) mass is 816 g/mol. The number of hydrogen-bond acceptors (Lipinski definition) is 1. The number of benzene rings is 9. The van der Waals surface area contributed by atoms with Crippen LogP contribution in [0.25, 0.3) is 86.9 Å². The maximum atomic E-state index is 2.57. The summed E-state index contributed by atoms with van der Waals surface area (Å²) in [6.07, 6.45) is 0. The van der Waals surface area contributed by atoms with Gasteiger partial charge in [0.05, 0.1) is 28.1 Å². The van der Waals surface area contributed by atoms with E-state index in [-0.39, 0.29) is 5.92 Å². The molecule has 0 radical (unpaired) electrons. The minimum Gasteiger partial charge on any atom is -0.312 e. The van der Waals surface area contributed by atoms with Gasteiger partial charge in [-0.05, 0) is 93.0 Å². The van der Waals surface area contributed by atoms with Gasteiger partial charge in [-0.15, -0.1) is 11.3 Å². The zero-order valence-corrected chi connectivity index (χ0v) is 34.9. The molecule has 0 fully saturated rings. The third-order valence-corrected chi connectivity index (χ3v) is 15.8. The highest BCUT2D eigenvalue weighted by Crippen LogP contribution is 2.65. The third-order valence-electron chi connectivity index (χ3n) is 14.6. The van der Waals surface area contributed by atoms with Crippen molar-refractivity contribution < 1.29 is 0 Å². The molecule has 3 heteroatoms. The molecule has 3 aliphatic carbocycles. The number of fused-ring (bicyclic) bond motifs is 20. The van der Waals surface area contributed by atoms with Crippen molar-refractivity contribution in [2.45, 2.75) is 11.3 Å². The summed E-state index contributed by atoms with van der Waals surface area (Å²) in [7, 11) is 0. The maximum absolute atomic E-state index is 2.57. The zero-order chi connectivity index (χ0) is 41.0. The van der Waals surface area contributed by atoms with Crippen molar-refractivity contribution >= 4 is 53.3 Å². The summed E-state index contributed by atoms with van der Waals surface area (Å²) in [5.74, 6) is 0.125. The van der Waals surface area contributed by atoms with Gasteiger partial charge in [0.15, 0.2) is 0 Å². The average Bonchev–Trinajstić information content (AvgIpc) is 4.17. The lowest BCUT2D eigenvalue weighted by molar-refractivity contribution is 0.801. The van der Waals surface area contributed by atoms with Crippen LogP contribution in [0, 0.1) is 0 Å². The number of para-hydroxylation sites is 2. The Kier molecular flexibility index (Phi) is 6.58. The molecule has 2 nitrogen and oxygen atoms in total. The summed E-state index contributed by atoms with van der Waals surface area (Å²) in [5.41, 5.74) is 21.9. The molecule has 3 aliphatic rings. The quantitative estimate of drug-likeness (QED) is 0.168. The molecule has 1 unspecified atom stereocenters. The molecule has 1 atom stereocenters. The van der Waals surface area contributed by atoms with Gasteiger partial charge in [-0.1, -0.05) is 164 Å². The lowest BCUT2D eigenvalue weighted by Gasteiger charge is -2.30. The summed E-state index contributed by atoms with van der Waals surface area (Å²) in [6, 6.07) is 79.9. The Balaban J connectivity index is 0.985. The highest BCUT2D eigenvalue weighted by Gasteiger charge is 2.54. The lowest BCUT2D eigenvalue weighted by atomic mass is 9.70. The molecule has 1 spiro atoms. The molecule has 0 amide bonds. The van der Waals surface area contributed by atoms with E-state index in [0.717, 1.165) is 0 Å². The van der Waals surface area contributed by atoms with Crippen molar-refractivity contribution in [2.24, 2.45) is 0 Å². The van der Waals surface area contributed by atoms with Crippen molar-refractivity contribution in [1.29, 1.82) is 0 Å². The molecular weight excluding hydrogens is 781 g/mol. The fraction of sp³-hybridized carbons (Fsp3) is 0.0333. The first-order valence-electron chi connectivity index (χ1n) is 22.0. The van der Waals surface area contributed by atoms with E-state index in [1.165, 1.54) is 126 Å². The van der Waals surface area contributed by atoms with Gasteiger partial charge in [0.2, 0.25) is 0 Å². The second-order valence-electron chi connectivity index (χ2n) is 17.5. The summed E-state index contributed by atoms with van der Waals surface area (Å²) in [6.45, 7) is 0. The number of nitrogens with zero attached hydrogens (tertiary/aromatic N) is 2. The Hall–Kier alpha value is -7.72. The first-order chi connectivity index (χ1) is 31.3. The predicted molar refractivity (Wildman–Crippen MR) is 262 cm³/mol. The Morgan fingerprint density at radius 3 is 1.59 bits per heavy atom. The average molecular weight is 817 g/mol. The van der Waals surface area contributed by atoms with Crippen LogP contribution < -0.4 is 0 Å². The molecule has 0 bridgehead atoms. The maximum Gasteiger partial charge on any atom is 0.0747 e.